The molecule has 0 spiro atoms. The summed E-state index contributed by atoms with van der Waals surface area (Å²) in [6.07, 6.45) is 4.41. The first-order chi connectivity index (χ1) is 16.9. The summed E-state index contributed by atoms with van der Waals surface area (Å²) in [5.41, 5.74) is 1.05. The van der Waals surface area contributed by atoms with Gasteiger partial charge in [-0.25, -0.2) is 17.9 Å². The Morgan fingerprint density at radius 2 is 1.63 bits per heavy atom. The van der Waals surface area contributed by atoms with E-state index in [2.05, 4.69) is 4.72 Å². The highest BCUT2D eigenvalue weighted by molar-refractivity contribution is 7.89. The van der Waals surface area contributed by atoms with Crippen LogP contribution in [0.3, 0.4) is 0 Å². The minimum Gasteiger partial charge on any atom is -0.479 e. The summed E-state index contributed by atoms with van der Waals surface area (Å²) in [4.78, 5) is 11.9. The number of rotatable bonds is 11. The van der Waals surface area contributed by atoms with Gasteiger partial charge in [0.15, 0.2) is 6.10 Å². The van der Waals surface area contributed by atoms with Crippen LogP contribution in [0.2, 0.25) is 0 Å². The van der Waals surface area contributed by atoms with E-state index in [4.69, 9.17) is 4.74 Å². The van der Waals surface area contributed by atoms with Gasteiger partial charge < -0.3 is 9.84 Å². The number of benzene rings is 3. The van der Waals surface area contributed by atoms with Crippen molar-refractivity contribution in [3.05, 3.63) is 78.4 Å². The summed E-state index contributed by atoms with van der Waals surface area (Å²) in [5, 5.41) is 11.5. The number of aliphatic carboxylic acids is 1. The molecule has 1 aliphatic carbocycles. The number of carboxylic acids is 1. The molecule has 1 fully saturated rings. The maximum absolute atomic E-state index is 13.0. The molecule has 0 aromatic heterocycles. The van der Waals surface area contributed by atoms with Crippen LogP contribution in [0.5, 0.6) is 5.75 Å². The van der Waals surface area contributed by atoms with Crippen LogP contribution in [0.1, 0.15) is 50.0 Å². The van der Waals surface area contributed by atoms with E-state index < -0.39 is 22.1 Å². The van der Waals surface area contributed by atoms with E-state index in [1.165, 1.54) is 6.42 Å². The van der Waals surface area contributed by atoms with Crippen molar-refractivity contribution in [3.8, 4) is 5.75 Å². The quantitative estimate of drug-likeness (QED) is 0.374. The molecule has 4 rings (SSSR count). The van der Waals surface area contributed by atoms with E-state index >= 15 is 0 Å². The van der Waals surface area contributed by atoms with Gasteiger partial charge in [0.05, 0.1) is 5.75 Å². The molecule has 0 bridgehead atoms. The summed E-state index contributed by atoms with van der Waals surface area (Å²) in [5.74, 6) is -0.384. The average molecular weight is 496 g/mol. The highest BCUT2D eigenvalue weighted by atomic mass is 32.2. The summed E-state index contributed by atoms with van der Waals surface area (Å²) in [6, 6.07) is 22.9. The number of ether oxygens (including phenoxy) is 1. The van der Waals surface area contributed by atoms with Crippen LogP contribution in [-0.4, -0.2) is 37.9 Å². The van der Waals surface area contributed by atoms with Gasteiger partial charge in [-0.15, -0.1) is 0 Å². The normalized spacial score (nSPS) is 16.6. The molecule has 1 saturated carbocycles. The van der Waals surface area contributed by atoms with Gasteiger partial charge in [-0.3, -0.25) is 0 Å². The first kappa shape index (κ1) is 25.2. The zero-order valence-electron chi connectivity index (χ0n) is 19.8. The topological polar surface area (TPSA) is 92.7 Å². The number of hydrogen-bond donors (Lipinski definition) is 2. The van der Waals surface area contributed by atoms with Crippen LogP contribution in [0.4, 0.5) is 0 Å². The minimum absolute atomic E-state index is 0.00357. The molecule has 0 aliphatic heterocycles. The van der Waals surface area contributed by atoms with E-state index in [0.717, 1.165) is 42.0 Å². The fourth-order valence-electron chi connectivity index (χ4n) is 5.07. The Kier molecular flexibility index (Phi) is 8.42. The Bertz CT molecular complexity index is 1220. The minimum atomic E-state index is -3.61. The Morgan fingerprint density at radius 1 is 0.943 bits per heavy atom. The number of carbonyl (C=O) groups is 1. The van der Waals surface area contributed by atoms with Crippen molar-refractivity contribution in [2.75, 3.05) is 12.3 Å². The van der Waals surface area contributed by atoms with Gasteiger partial charge in [0.25, 0.3) is 0 Å². The van der Waals surface area contributed by atoms with E-state index in [-0.39, 0.29) is 24.6 Å². The summed E-state index contributed by atoms with van der Waals surface area (Å²) in [7, 11) is -3.61. The lowest BCUT2D eigenvalue weighted by atomic mass is 9.78. The Balaban J connectivity index is 1.40. The first-order valence-corrected chi connectivity index (χ1v) is 14.0. The van der Waals surface area contributed by atoms with Crippen molar-refractivity contribution in [1.82, 2.24) is 4.72 Å². The third-order valence-corrected chi connectivity index (χ3v) is 8.31. The van der Waals surface area contributed by atoms with Crippen molar-refractivity contribution in [3.63, 3.8) is 0 Å². The van der Waals surface area contributed by atoms with Crippen LogP contribution < -0.4 is 9.46 Å². The van der Waals surface area contributed by atoms with E-state index in [1.54, 1.807) is 6.07 Å². The largest absolute Gasteiger partial charge is 0.479 e. The lowest BCUT2D eigenvalue weighted by Gasteiger charge is -2.30. The first-order valence-electron chi connectivity index (χ1n) is 12.3. The Labute approximate surface area is 207 Å². The summed E-state index contributed by atoms with van der Waals surface area (Å²) >= 11 is 0. The maximum Gasteiger partial charge on any atom is 0.344 e. The predicted molar refractivity (Wildman–Crippen MR) is 138 cm³/mol. The summed E-state index contributed by atoms with van der Waals surface area (Å²) in [6.45, 7) is -0.00373. The van der Waals surface area contributed by atoms with Gasteiger partial charge in [0.1, 0.15) is 5.75 Å². The zero-order chi connectivity index (χ0) is 24.7. The van der Waals surface area contributed by atoms with Gasteiger partial charge in [0.2, 0.25) is 10.0 Å². The smallest absolute Gasteiger partial charge is 0.344 e. The van der Waals surface area contributed by atoms with Crippen molar-refractivity contribution in [2.24, 2.45) is 5.92 Å². The molecule has 3 aromatic carbocycles. The molecule has 1 aliphatic rings. The molecule has 0 heterocycles. The van der Waals surface area contributed by atoms with E-state index in [9.17, 15) is 18.3 Å². The number of hydrogen-bond acceptors (Lipinski definition) is 4. The van der Waals surface area contributed by atoms with Gasteiger partial charge >= 0.3 is 5.97 Å². The van der Waals surface area contributed by atoms with Crippen LogP contribution in [0, 0.1) is 5.92 Å². The van der Waals surface area contributed by atoms with E-state index in [0.29, 0.717) is 11.7 Å². The third kappa shape index (κ3) is 6.83. The Morgan fingerprint density at radius 3 is 2.37 bits per heavy atom. The van der Waals surface area contributed by atoms with Crippen molar-refractivity contribution in [1.29, 1.82) is 0 Å². The molecule has 6 nitrogen and oxygen atoms in total. The van der Waals surface area contributed by atoms with Gasteiger partial charge in [-0.1, -0.05) is 86.0 Å². The van der Waals surface area contributed by atoms with Gasteiger partial charge in [0, 0.05) is 24.3 Å². The lowest BCUT2D eigenvalue weighted by molar-refractivity contribution is -0.145. The summed E-state index contributed by atoms with van der Waals surface area (Å²) < 4.78 is 34.5. The molecule has 2 unspecified atom stereocenters. The highest BCUT2D eigenvalue weighted by Crippen LogP contribution is 2.37. The molecule has 35 heavy (non-hydrogen) atoms. The molecule has 0 radical (unpaired) electrons. The Hall–Kier alpha value is -2.90. The lowest BCUT2D eigenvalue weighted by Crippen LogP contribution is -2.36. The molecule has 3 aromatic rings. The fourth-order valence-corrected chi connectivity index (χ4v) is 6.55. The molecule has 7 heteroatoms. The van der Waals surface area contributed by atoms with Gasteiger partial charge in [-0.2, -0.15) is 0 Å². The number of nitrogens with one attached hydrogen (secondary N) is 1. The number of carboxylic acid groups (broad SMARTS) is 1. The van der Waals surface area contributed by atoms with Gasteiger partial charge in [-0.05, 0) is 35.8 Å². The second-order valence-electron chi connectivity index (χ2n) is 9.30. The van der Waals surface area contributed by atoms with Crippen molar-refractivity contribution in [2.45, 2.75) is 50.5 Å². The molecule has 0 amide bonds. The highest BCUT2D eigenvalue weighted by Gasteiger charge is 2.30. The fraction of sp³-hybridized carbons (Fsp3) is 0.393. The maximum atomic E-state index is 13.0. The van der Waals surface area contributed by atoms with Crippen LogP contribution in [0.25, 0.3) is 10.8 Å². The van der Waals surface area contributed by atoms with Crippen LogP contribution in [0.15, 0.2) is 72.8 Å². The average Bonchev–Trinajstić information content (AvgIpc) is 2.88. The monoisotopic (exact) mass is 495 g/mol. The second-order valence-corrected chi connectivity index (χ2v) is 11.2. The van der Waals surface area contributed by atoms with Crippen molar-refractivity contribution >= 4 is 26.8 Å². The van der Waals surface area contributed by atoms with Crippen molar-refractivity contribution < 1.29 is 23.1 Å². The number of sulfonamides is 1. The predicted octanol–water partition coefficient (Wildman–Crippen LogP) is 5.35. The van der Waals surface area contributed by atoms with Crippen LogP contribution >= 0.6 is 0 Å². The molecule has 2 N–H and O–H groups in total. The third-order valence-electron chi connectivity index (χ3n) is 6.87. The van der Waals surface area contributed by atoms with Crippen LogP contribution in [-0.2, 0) is 14.8 Å². The zero-order valence-corrected chi connectivity index (χ0v) is 20.6. The second kappa shape index (κ2) is 11.7. The molecular formula is C28H33NO5S. The molecule has 186 valence electrons. The molecular weight excluding hydrogens is 462 g/mol. The molecule has 0 saturated heterocycles. The number of fused-ring (bicyclic) bond motifs is 1. The molecule has 2 atom stereocenters. The van der Waals surface area contributed by atoms with E-state index in [1.807, 2.05) is 66.7 Å². The standard InChI is InChI=1S/C28H33NO5S/c30-28(31)27(34-26-17-9-15-21-14-7-8-16-24(21)26)18-19-29-35(32,33)20-25(22-10-3-1-4-11-22)23-12-5-2-6-13-23/h1,3-4,7-11,14-17,23,25,27,29H,2,5-6,12-13,18-20H2,(H,30,31). The SMILES string of the molecule is O=C(O)C(CCNS(=O)(=O)CC(c1ccccc1)C1CCCCC1)Oc1cccc2ccccc12.